The summed E-state index contributed by atoms with van der Waals surface area (Å²) < 4.78 is 22.9. The number of aromatic nitrogens is 10. The summed E-state index contributed by atoms with van der Waals surface area (Å²) in [5.74, 6) is -2.21. The number of carbonyl (C=O) groups excluding carboxylic acids is 6. The van der Waals surface area contributed by atoms with E-state index in [1.807, 2.05) is 24.3 Å². The number of halogens is 1. The van der Waals surface area contributed by atoms with E-state index in [2.05, 4.69) is 40.3 Å². The van der Waals surface area contributed by atoms with Gasteiger partial charge in [-0.2, -0.15) is 5.10 Å². The van der Waals surface area contributed by atoms with Gasteiger partial charge in [-0.1, -0.05) is 49.0 Å². The molecule has 0 bridgehead atoms. The van der Waals surface area contributed by atoms with E-state index in [4.69, 9.17) is 4.74 Å². The number of hydrogen-bond donors (Lipinski definition) is 2. The van der Waals surface area contributed by atoms with E-state index in [0.717, 1.165) is 6.20 Å². The number of nitrogens with one attached hydrogen (secondary N) is 2. The van der Waals surface area contributed by atoms with Gasteiger partial charge in [0, 0.05) is 75.9 Å². The molecule has 2 saturated heterocycles. The lowest BCUT2D eigenvalue weighted by Gasteiger charge is -2.34. The number of piperazine rings is 2. The van der Waals surface area contributed by atoms with Gasteiger partial charge in [0.25, 0.3) is 35.2 Å². The predicted molar refractivity (Wildman–Crippen MR) is 247 cm³/mol. The second-order valence-corrected chi connectivity index (χ2v) is 15.6. The van der Waals surface area contributed by atoms with Crippen LogP contribution in [0, 0.1) is 12.7 Å². The molecule has 0 spiro atoms. The van der Waals surface area contributed by atoms with Crippen molar-refractivity contribution < 1.29 is 37.9 Å². The van der Waals surface area contributed by atoms with Gasteiger partial charge in [-0.3, -0.25) is 28.8 Å². The molecule has 4 amide bonds. The van der Waals surface area contributed by atoms with Gasteiger partial charge in [-0.25, -0.2) is 28.7 Å². The molecular formula is C47H45FN14O7. The van der Waals surface area contributed by atoms with Crippen molar-refractivity contribution in [1.29, 1.82) is 0 Å². The predicted octanol–water partition coefficient (Wildman–Crippen LogP) is 3.71. The number of H-pyrrole nitrogens is 2. The lowest BCUT2D eigenvalue weighted by atomic mass is 10.1. The first kappa shape index (κ1) is 46.6. The number of aromatic amines is 2. The number of ether oxygens (including phenoxy) is 1. The number of fused-ring (bicyclic) bond motifs is 2. The Balaban J connectivity index is 0.000000184. The van der Waals surface area contributed by atoms with Crippen molar-refractivity contribution in [2.45, 2.75) is 14.4 Å². The molecule has 6 aromatic heterocycles. The maximum atomic E-state index is 14.6. The van der Waals surface area contributed by atoms with Crippen LogP contribution in [0.3, 0.4) is 0 Å². The summed E-state index contributed by atoms with van der Waals surface area (Å²) in [6.45, 7) is 4.02. The van der Waals surface area contributed by atoms with Crippen molar-refractivity contribution in [3.63, 3.8) is 0 Å². The molecule has 69 heavy (non-hydrogen) atoms. The number of rotatable bonds is 9. The van der Waals surface area contributed by atoms with E-state index in [1.54, 1.807) is 53.1 Å². The Labute approximate surface area is 392 Å². The summed E-state index contributed by atoms with van der Waals surface area (Å²) in [7, 11) is 1.47. The number of benzene rings is 2. The highest BCUT2D eigenvalue weighted by Crippen LogP contribution is 2.32. The summed E-state index contributed by atoms with van der Waals surface area (Å²) in [6, 6.07) is 17.9. The van der Waals surface area contributed by atoms with E-state index in [1.165, 1.54) is 63.6 Å². The topological polar surface area (TPSA) is 243 Å². The summed E-state index contributed by atoms with van der Waals surface area (Å²) in [5, 5.41) is 12.2. The quantitative estimate of drug-likeness (QED) is 0.155. The maximum absolute atomic E-state index is 14.6. The highest BCUT2D eigenvalue weighted by atomic mass is 19.1. The molecule has 2 aromatic carbocycles. The normalized spacial score (nSPS) is 13.7. The van der Waals surface area contributed by atoms with Crippen LogP contribution in [0.4, 0.5) is 4.39 Å². The number of methoxy groups -OCH3 is 1. The fraction of sp³-hybridized carbons (Fsp3) is 0.234. The van der Waals surface area contributed by atoms with E-state index >= 15 is 0 Å². The van der Waals surface area contributed by atoms with Crippen LogP contribution in [-0.4, -0.2) is 164 Å². The van der Waals surface area contributed by atoms with Crippen molar-refractivity contribution in [2.75, 3.05) is 59.5 Å². The van der Waals surface area contributed by atoms with Gasteiger partial charge in [0.05, 0.1) is 64.8 Å². The van der Waals surface area contributed by atoms with Crippen LogP contribution >= 0.6 is 0 Å². The van der Waals surface area contributed by atoms with Crippen LogP contribution in [0.1, 0.15) is 54.7 Å². The number of Topliss-reactive ketones (excluding diaryl/α,β-unsaturated/α-hetero) is 2. The Kier molecular flexibility index (Phi) is 13.4. The molecule has 0 radical (unpaired) electrons. The SMILES string of the molecule is C.COc1cnc(-n2cnc(C)n2)c2[nH]cc(C(=O)C(=O)N3CCN(C(=O)c4ccccc4)CC3)c12.O=C(C(=O)N1CCN(C(=O)c2ccccc2)CC1)c1c[nH]c2c(-n3ccnn3)ncc(F)c12. The van der Waals surface area contributed by atoms with Crippen molar-refractivity contribution in [2.24, 2.45) is 0 Å². The van der Waals surface area contributed by atoms with Crippen molar-refractivity contribution in [1.82, 2.24) is 69.3 Å². The zero-order valence-corrected chi connectivity index (χ0v) is 36.6. The Bertz CT molecular complexity index is 3190. The molecule has 2 fully saturated rings. The van der Waals surface area contributed by atoms with Crippen LogP contribution in [0.15, 0.2) is 104 Å². The smallest absolute Gasteiger partial charge is 0.295 e. The van der Waals surface area contributed by atoms with E-state index < -0.39 is 29.2 Å². The molecule has 2 aliphatic rings. The molecule has 2 N–H and O–H groups in total. The zero-order valence-electron chi connectivity index (χ0n) is 36.6. The van der Waals surface area contributed by atoms with Crippen molar-refractivity contribution >= 4 is 57.0 Å². The number of pyridine rings is 2. The van der Waals surface area contributed by atoms with Gasteiger partial charge in [0.1, 0.15) is 17.9 Å². The third kappa shape index (κ3) is 9.13. The summed E-state index contributed by atoms with van der Waals surface area (Å²) in [4.78, 5) is 102. The molecule has 2 aliphatic heterocycles. The summed E-state index contributed by atoms with van der Waals surface area (Å²) in [6.07, 6.45) is 9.73. The summed E-state index contributed by atoms with van der Waals surface area (Å²) >= 11 is 0. The van der Waals surface area contributed by atoms with Crippen LogP contribution in [0.25, 0.3) is 33.4 Å². The monoisotopic (exact) mass is 936 g/mol. The largest absolute Gasteiger partial charge is 0.494 e. The van der Waals surface area contributed by atoms with E-state index in [9.17, 15) is 33.2 Å². The first-order chi connectivity index (χ1) is 33.0. The Morgan fingerprint density at radius 1 is 0.623 bits per heavy atom. The number of amides is 4. The number of hydrogen-bond acceptors (Lipinski definition) is 13. The van der Waals surface area contributed by atoms with Gasteiger partial charge in [0.2, 0.25) is 0 Å². The lowest BCUT2D eigenvalue weighted by molar-refractivity contribution is -0.128. The molecular weight excluding hydrogens is 892 g/mol. The minimum atomic E-state index is -0.835. The molecule has 0 saturated carbocycles. The number of carbonyl (C=O) groups is 6. The third-order valence-electron chi connectivity index (χ3n) is 11.6. The second-order valence-electron chi connectivity index (χ2n) is 15.6. The Morgan fingerprint density at radius 3 is 1.58 bits per heavy atom. The zero-order chi connectivity index (χ0) is 47.5. The van der Waals surface area contributed by atoms with Crippen LogP contribution < -0.4 is 4.74 Å². The average molecular weight is 937 g/mol. The minimum absolute atomic E-state index is 0. The first-order valence-corrected chi connectivity index (χ1v) is 21.3. The van der Waals surface area contributed by atoms with Gasteiger partial charge in [0.15, 0.2) is 17.5 Å². The third-order valence-corrected chi connectivity index (χ3v) is 11.6. The first-order valence-electron chi connectivity index (χ1n) is 21.3. The Morgan fingerprint density at radius 2 is 1.10 bits per heavy atom. The molecule has 8 heterocycles. The molecule has 8 aromatic rings. The summed E-state index contributed by atoms with van der Waals surface area (Å²) in [5.41, 5.74) is 2.00. The maximum Gasteiger partial charge on any atom is 0.295 e. The standard InChI is InChI=1S/C24H23N7O4.C22H18FN7O3.CH4/c1-15-27-14-31(28-15)22-20-19(18(35-2)13-26-22)17(12-25-20)21(32)24(34)30-10-8-29(9-11-30)23(33)16-6-4-3-5-7-16;23-16-13-25-20(30-7-6-26-27-30)18-17(16)15(12-24-18)19(31)22(33)29-10-8-28(9-11-29)21(32)14-4-2-1-3-5-14;/h3-7,12-14,25H,8-11H2,1-2H3;1-7,12-13,24H,8-11H2;1H4. The second kappa shape index (κ2) is 19.9. The molecule has 0 atom stereocenters. The highest BCUT2D eigenvalue weighted by Gasteiger charge is 2.33. The average Bonchev–Trinajstić information content (AvgIpc) is 4.24. The van der Waals surface area contributed by atoms with E-state index in [-0.39, 0.29) is 73.3 Å². The van der Waals surface area contributed by atoms with Gasteiger partial charge in [-0.05, 0) is 31.2 Å². The molecule has 22 heteroatoms. The van der Waals surface area contributed by atoms with Crippen molar-refractivity contribution in [3.05, 3.63) is 138 Å². The number of ketones is 2. The molecule has 352 valence electrons. The van der Waals surface area contributed by atoms with Gasteiger partial charge in [-0.15, -0.1) is 5.10 Å². The molecule has 21 nitrogen and oxygen atoms in total. The van der Waals surface area contributed by atoms with Crippen molar-refractivity contribution in [3.8, 4) is 17.4 Å². The van der Waals surface area contributed by atoms with Crippen LogP contribution in [0.2, 0.25) is 0 Å². The van der Waals surface area contributed by atoms with E-state index in [0.29, 0.717) is 65.6 Å². The minimum Gasteiger partial charge on any atom is -0.494 e. The fourth-order valence-corrected chi connectivity index (χ4v) is 8.10. The Hall–Kier alpha value is -8.95. The molecule has 0 aliphatic carbocycles. The van der Waals surface area contributed by atoms with Gasteiger partial charge >= 0.3 is 0 Å². The lowest BCUT2D eigenvalue weighted by Crippen LogP contribution is -2.52. The molecule has 0 unspecified atom stereocenters. The fourth-order valence-electron chi connectivity index (χ4n) is 8.10. The van der Waals surface area contributed by atoms with Gasteiger partial charge < -0.3 is 34.3 Å². The van der Waals surface area contributed by atoms with Crippen LogP contribution in [-0.2, 0) is 9.59 Å². The number of nitrogens with zero attached hydrogens (tertiary/aromatic N) is 12. The highest BCUT2D eigenvalue weighted by molar-refractivity contribution is 6.45. The molecule has 10 rings (SSSR count). The number of aryl methyl sites for hydroxylation is 1. The van der Waals surface area contributed by atoms with Crippen LogP contribution in [0.5, 0.6) is 5.75 Å².